The number of rotatable bonds is 4. The Morgan fingerprint density at radius 3 is 2.13 bits per heavy atom. The molecule has 148 valence electrons. The number of ketones is 2. The number of benzene rings is 3. The zero-order valence-electron chi connectivity index (χ0n) is 15.5. The van der Waals surface area contributed by atoms with E-state index in [0.717, 1.165) is 0 Å². The number of esters is 1. The molecular formula is C23H14ClNO5. The van der Waals surface area contributed by atoms with Crippen LogP contribution in [-0.2, 0) is 9.53 Å². The van der Waals surface area contributed by atoms with Crippen LogP contribution in [0.2, 0.25) is 5.02 Å². The highest BCUT2D eigenvalue weighted by Gasteiger charge is 2.31. The van der Waals surface area contributed by atoms with Crippen molar-refractivity contribution in [2.45, 2.75) is 0 Å². The van der Waals surface area contributed by atoms with Crippen molar-refractivity contribution in [3.05, 3.63) is 99.6 Å². The maximum atomic E-state index is 12.9. The van der Waals surface area contributed by atoms with Gasteiger partial charge >= 0.3 is 5.97 Å². The Morgan fingerprint density at radius 2 is 1.43 bits per heavy atom. The van der Waals surface area contributed by atoms with Crippen LogP contribution in [0.25, 0.3) is 0 Å². The third-order valence-electron chi connectivity index (χ3n) is 4.64. The predicted molar refractivity (Wildman–Crippen MR) is 110 cm³/mol. The van der Waals surface area contributed by atoms with Gasteiger partial charge in [-0.1, -0.05) is 48.0 Å². The lowest BCUT2D eigenvalue weighted by Gasteiger charge is -2.20. The van der Waals surface area contributed by atoms with Gasteiger partial charge in [-0.15, -0.1) is 0 Å². The topological polar surface area (TPSA) is 89.5 Å². The molecule has 1 amide bonds. The maximum Gasteiger partial charge on any atom is 0.338 e. The minimum absolute atomic E-state index is 0.124. The van der Waals surface area contributed by atoms with E-state index in [2.05, 4.69) is 5.32 Å². The first-order valence-electron chi connectivity index (χ1n) is 8.99. The van der Waals surface area contributed by atoms with E-state index >= 15 is 0 Å². The number of halogens is 1. The number of carbonyl (C=O) groups excluding carboxylic acids is 4. The molecule has 1 aliphatic carbocycles. The Kier molecular flexibility index (Phi) is 5.16. The fourth-order valence-electron chi connectivity index (χ4n) is 3.24. The number of hydrogen-bond acceptors (Lipinski definition) is 5. The fraction of sp³-hybridized carbons (Fsp3) is 0.0435. The molecule has 1 aliphatic rings. The molecular weight excluding hydrogens is 406 g/mol. The molecule has 7 heteroatoms. The van der Waals surface area contributed by atoms with Crippen LogP contribution in [0.5, 0.6) is 0 Å². The molecule has 3 aromatic rings. The first-order valence-corrected chi connectivity index (χ1v) is 9.37. The summed E-state index contributed by atoms with van der Waals surface area (Å²) >= 11 is 5.78. The Hall–Kier alpha value is -3.77. The van der Waals surface area contributed by atoms with Crippen LogP contribution in [0.1, 0.15) is 42.2 Å². The normalized spacial score (nSPS) is 12.0. The van der Waals surface area contributed by atoms with E-state index in [0.29, 0.717) is 10.6 Å². The van der Waals surface area contributed by atoms with Gasteiger partial charge in [0.1, 0.15) is 0 Å². The van der Waals surface area contributed by atoms with Gasteiger partial charge in [-0.3, -0.25) is 14.4 Å². The van der Waals surface area contributed by atoms with Crippen molar-refractivity contribution in [2.24, 2.45) is 0 Å². The highest BCUT2D eigenvalue weighted by molar-refractivity contribution is 6.31. The standard InChI is InChI=1S/C23H14ClNO5/c24-14-10-8-13(9-11-14)23(29)30-12-19(26)25-18-7-3-6-17-20(18)22(28)16-5-2-1-4-15(16)21(17)27/h1-11H,12H2,(H,25,26). The third kappa shape index (κ3) is 3.60. The van der Waals surface area contributed by atoms with Gasteiger partial charge in [0.05, 0.1) is 16.8 Å². The van der Waals surface area contributed by atoms with E-state index in [1.165, 1.54) is 30.3 Å². The van der Waals surface area contributed by atoms with Crippen molar-refractivity contribution in [1.82, 2.24) is 0 Å². The smallest absolute Gasteiger partial charge is 0.338 e. The van der Waals surface area contributed by atoms with E-state index in [1.807, 2.05) is 0 Å². The van der Waals surface area contributed by atoms with Crippen molar-refractivity contribution in [3.8, 4) is 0 Å². The molecule has 0 unspecified atom stereocenters. The van der Waals surface area contributed by atoms with Crippen LogP contribution in [-0.4, -0.2) is 30.0 Å². The molecule has 1 N–H and O–H groups in total. The lowest BCUT2D eigenvalue weighted by atomic mass is 9.83. The van der Waals surface area contributed by atoms with Gasteiger partial charge in [0, 0.05) is 21.7 Å². The molecule has 0 aliphatic heterocycles. The number of amides is 1. The van der Waals surface area contributed by atoms with Crippen molar-refractivity contribution in [1.29, 1.82) is 0 Å². The Labute approximate surface area is 176 Å². The van der Waals surface area contributed by atoms with Crippen LogP contribution in [0.15, 0.2) is 66.7 Å². The summed E-state index contributed by atoms with van der Waals surface area (Å²) in [5.74, 6) is -1.96. The summed E-state index contributed by atoms with van der Waals surface area (Å²) < 4.78 is 5.00. The Bertz CT molecular complexity index is 1200. The summed E-state index contributed by atoms with van der Waals surface area (Å²) in [6, 6.07) is 17.2. The largest absolute Gasteiger partial charge is 0.452 e. The number of anilines is 1. The molecule has 0 spiro atoms. The van der Waals surface area contributed by atoms with Crippen molar-refractivity contribution >= 4 is 40.7 Å². The SMILES string of the molecule is O=C(COC(=O)c1ccc(Cl)cc1)Nc1cccc2c1C(=O)c1ccccc1C2=O. The summed E-state index contributed by atoms with van der Waals surface area (Å²) in [4.78, 5) is 50.0. The van der Waals surface area contributed by atoms with Crippen molar-refractivity contribution in [3.63, 3.8) is 0 Å². The zero-order valence-corrected chi connectivity index (χ0v) is 16.2. The lowest BCUT2D eigenvalue weighted by Crippen LogP contribution is -2.26. The first kappa shape index (κ1) is 19.5. The molecule has 0 atom stereocenters. The molecule has 0 fully saturated rings. The van der Waals surface area contributed by atoms with E-state index in [-0.39, 0.29) is 39.5 Å². The summed E-state index contributed by atoms with van der Waals surface area (Å²) in [5, 5.41) is 3.03. The van der Waals surface area contributed by atoms with Crippen LogP contribution in [0.3, 0.4) is 0 Å². The Balaban J connectivity index is 1.51. The van der Waals surface area contributed by atoms with Gasteiger partial charge < -0.3 is 10.1 Å². The lowest BCUT2D eigenvalue weighted by molar-refractivity contribution is -0.119. The molecule has 0 heterocycles. The summed E-state index contributed by atoms with van der Waals surface area (Å²) in [5.41, 5.74) is 1.39. The van der Waals surface area contributed by atoms with E-state index in [1.54, 1.807) is 36.4 Å². The van der Waals surface area contributed by atoms with E-state index in [4.69, 9.17) is 16.3 Å². The zero-order chi connectivity index (χ0) is 21.3. The number of hydrogen-bond donors (Lipinski definition) is 1. The van der Waals surface area contributed by atoms with Gasteiger partial charge in [-0.05, 0) is 30.3 Å². The van der Waals surface area contributed by atoms with Crippen LogP contribution in [0, 0.1) is 0 Å². The van der Waals surface area contributed by atoms with Crippen LogP contribution < -0.4 is 5.32 Å². The number of fused-ring (bicyclic) bond motifs is 2. The monoisotopic (exact) mass is 419 g/mol. The highest BCUT2D eigenvalue weighted by Crippen LogP contribution is 2.31. The molecule has 0 saturated heterocycles. The Morgan fingerprint density at radius 1 is 0.800 bits per heavy atom. The second kappa shape index (κ2) is 7.93. The molecule has 0 bridgehead atoms. The van der Waals surface area contributed by atoms with Gasteiger partial charge in [0.15, 0.2) is 18.2 Å². The third-order valence-corrected chi connectivity index (χ3v) is 4.89. The number of carbonyl (C=O) groups is 4. The van der Waals surface area contributed by atoms with Crippen LogP contribution in [0.4, 0.5) is 5.69 Å². The van der Waals surface area contributed by atoms with E-state index in [9.17, 15) is 19.2 Å². The predicted octanol–water partition coefficient (Wildman–Crippen LogP) is 3.91. The van der Waals surface area contributed by atoms with Crippen molar-refractivity contribution < 1.29 is 23.9 Å². The van der Waals surface area contributed by atoms with E-state index < -0.39 is 18.5 Å². The van der Waals surface area contributed by atoms with Crippen LogP contribution >= 0.6 is 11.6 Å². The van der Waals surface area contributed by atoms with Gasteiger partial charge in [-0.2, -0.15) is 0 Å². The molecule has 3 aromatic carbocycles. The van der Waals surface area contributed by atoms with Gasteiger partial charge in [-0.25, -0.2) is 4.79 Å². The summed E-state index contributed by atoms with van der Waals surface area (Å²) in [7, 11) is 0. The summed E-state index contributed by atoms with van der Waals surface area (Å²) in [6.07, 6.45) is 0. The quantitative estimate of drug-likeness (QED) is 0.506. The minimum Gasteiger partial charge on any atom is -0.452 e. The molecule has 0 aromatic heterocycles. The molecule has 4 rings (SSSR count). The van der Waals surface area contributed by atoms with Gasteiger partial charge in [0.2, 0.25) is 0 Å². The number of nitrogens with one attached hydrogen (secondary N) is 1. The average Bonchev–Trinajstić information content (AvgIpc) is 2.76. The minimum atomic E-state index is -0.683. The second-order valence-corrected chi connectivity index (χ2v) is 7.00. The fourth-order valence-corrected chi connectivity index (χ4v) is 3.36. The second-order valence-electron chi connectivity index (χ2n) is 6.56. The molecule has 0 saturated carbocycles. The summed E-state index contributed by atoms with van der Waals surface area (Å²) in [6.45, 7) is -0.552. The highest BCUT2D eigenvalue weighted by atomic mass is 35.5. The maximum absolute atomic E-state index is 12.9. The average molecular weight is 420 g/mol. The first-order chi connectivity index (χ1) is 14.5. The molecule has 0 radical (unpaired) electrons. The van der Waals surface area contributed by atoms with Crippen molar-refractivity contribution in [2.75, 3.05) is 11.9 Å². The molecule has 30 heavy (non-hydrogen) atoms. The number of ether oxygens (including phenoxy) is 1. The van der Waals surface area contributed by atoms with Gasteiger partial charge in [0.25, 0.3) is 5.91 Å². The molecule has 6 nitrogen and oxygen atoms in total.